The van der Waals surface area contributed by atoms with Gasteiger partial charge in [0, 0.05) is 19.6 Å². The van der Waals surface area contributed by atoms with Crippen molar-refractivity contribution >= 4 is 11.6 Å². The molecule has 106 valence electrons. The van der Waals surface area contributed by atoms with Crippen molar-refractivity contribution in [1.82, 2.24) is 9.80 Å². The second kappa shape index (κ2) is 6.25. The number of likely N-dealkylation sites (N-methyl/N-ethyl adjacent to an activating group) is 1. The molecule has 0 aromatic rings. The van der Waals surface area contributed by atoms with Gasteiger partial charge in [-0.05, 0) is 46.0 Å². The molecular formula is C16H25ClN2. The van der Waals surface area contributed by atoms with E-state index in [9.17, 15) is 0 Å². The molecule has 3 heteroatoms. The summed E-state index contributed by atoms with van der Waals surface area (Å²) in [4.78, 5) is 4.59. The fourth-order valence-electron chi connectivity index (χ4n) is 2.80. The van der Waals surface area contributed by atoms with E-state index in [0.29, 0.717) is 0 Å². The SMILES string of the molecule is CC1=CC(C)(Cl)C=C(CN2CCCN(C)CC2)C=C1. The van der Waals surface area contributed by atoms with Crippen LogP contribution in [0.1, 0.15) is 20.3 Å². The molecule has 0 spiro atoms. The Balaban J connectivity index is 2.02. The van der Waals surface area contributed by atoms with Crippen LogP contribution >= 0.6 is 11.6 Å². The molecule has 0 N–H and O–H groups in total. The number of hydrogen-bond donors (Lipinski definition) is 0. The zero-order chi connectivity index (χ0) is 13.9. The van der Waals surface area contributed by atoms with Crippen LogP contribution in [0.5, 0.6) is 0 Å². The third-order valence-corrected chi connectivity index (χ3v) is 3.97. The summed E-state index contributed by atoms with van der Waals surface area (Å²) in [7, 11) is 2.21. The van der Waals surface area contributed by atoms with E-state index in [0.717, 1.165) is 19.6 Å². The highest BCUT2D eigenvalue weighted by molar-refractivity contribution is 6.26. The number of nitrogens with zero attached hydrogens (tertiary/aromatic N) is 2. The van der Waals surface area contributed by atoms with E-state index in [1.54, 1.807) is 0 Å². The van der Waals surface area contributed by atoms with Gasteiger partial charge in [-0.25, -0.2) is 0 Å². The lowest BCUT2D eigenvalue weighted by molar-refractivity contribution is 0.296. The Kier molecular flexibility index (Phi) is 4.88. The normalized spacial score (nSPS) is 30.5. The third-order valence-electron chi connectivity index (χ3n) is 3.76. The van der Waals surface area contributed by atoms with Crippen molar-refractivity contribution in [2.75, 3.05) is 39.8 Å². The fraction of sp³-hybridized carbons (Fsp3) is 0.625. The summed E-state index contributed by atoms with van der Waals surface area (Å²) in [6.45, 7) is 9.86. The average molecular weight is 281 g/mol. The highest BCUT2D eigenvalue weighted by Gasteiger charge is 2.19. The Hall–Kier alpha value is -0.570. The van der Waals surface area contributed by atoms with E-state index in [-0.39, 0.29) is 4.87 Å². The van der Waals surface area contributed by atoms with Gasteiger partial charge in [-0.1, -0.05) is 29.9 Å². The van der Waals surface area contributed by atoms with Crippen LogP contribution in [-0.2, 0) is 0 Å². The second-order valence-electron chi connectivity index (χ2n) is 6.03. The maximum Gasteiger partial charge on any atom is 0.0789 e. The van der Waals surface area contributed by atoms with Crippen LogP contribution in [0.3, 0.4) is 0 Å². The van der Waals surface area contributed by atoms with Gasteiger partial charge in [-0.15, -0.1) is 11.6 Å². The van der Waals surface area contributed by atoms with Gasteiger partial charge in [-0.3, -0.25) is 4.90 Å². The quantitative estimate of drug-likeness (QED) is 0.718. The monoisotopic (exact) mass is 280 g/mol. The zero-order valence-electron chi connectivity index (χ0n) is 12.3. The Labute approximate surface area is 122 Å². The number of hydrogen-bond acceptors (Lipinski definition) is 2. The van der Waals surface area contributed by atoms with Gasteiger partial charge >= 0.3 is 0 Å². The molecule has 1 atom stereocenters. The third kappa shape index (κ3) is 4.79. The maximum atomic E-state index is 6.52. The van der Waals surface area contributed by atoms with Crippen LogP contribution in [0.25, 0.3) is 0 Å². The predicted octanol–water partition coefficient (Wildman–Crippen LogP) is 3.06. The second-order valence-corrected chi connectivity index (χ2v) is 6.84. The van der Waals surface area contributed by atoms with Gasteiger partial charge in [0.05, 0.1) is 4.87 Å². The largest absolute Gasteiger partial charge is 0.305 e. The molecule has 0 aromatic heterocycles. The van der Waals surface area contributed by atoms with Crippen LogP contribution < -0.4 is 0 Å². The first kappa shape index (κ1) is 14.8. The standard InChI is InChI=1S/C16H25ClN2/c1-14-5-6-15(12-16(2,17)11-14)13-19-8-4-7-18(3)9-10-19/h5-6,11-12H,4,7-10,13H2,1-3H3. The molecule has 1 aliphatic carbocycles. The molecule has 0 aromatic carbocycles. The van der Waals surface area contributed by atoms with Gasteiger partial charge in [-0.2, -0.15) is 0 Å². The van der Waals surface area contributed by atoms with Crippen LogP contribution in [0.4, 0.5) is 0 Å². The summed E-state index contributed by atoms with van der Waals surface area (Å²) >= 11 is 6.52. The van der Waals surface area contributed by atoms with Gasteiger partial charge in [0.15, 0.2) is 0 Å². The molecule has 0 radical (unpaired) electrons. The Morgan fingerprint density at radius 1 is 1.16 bits per heavy atom. The molecule has 1 heterocycles. The van der Waals surface area contributed by atoms with E-state index in [4.69, 9.17) is 11.6 Å². The van der Waals surface area contributed by atoms with Crippen molar-refractivity contribution in [3.8, 4) is 0 Å². The molecule has 0 bridgehead atoms. The van der Waals surface area contributed by atoms with Crippen molar-refractivity contribution in [3.05, 3.63) is 35.5 Å². The topological polar surface area (TPSA) is 6.48 Å². The smallest absolute Gasteiger partial charge is 0.0789 e. The van der Waals surface area contributed by atoms with Crippen LogP contribution in [0, 0.1) is 0 Å². The van der Waals surface area contributed by atoms with E-state index < -0.39 is 0 Å². The molecule has 19 heavy (non-hydrogen) atoms. The summed E-state index contributed by atoms with van der Waals surface area (Å²) in [6.07, 6.45) is 9.95. The first-order valence-corrected chi connectivity index (χ1v) is 7.51. The van der Waals surface area contributed by atoms with Gasteiger partial charge in [0.25, 0.3) is 0 Å². The zero-order valence-corrected chi connectivity index (χ0v) is 13.1. The Morgan fingerprint density at radius 3 is 2.74 bits per heavy atom. The Morgan fingerprint density at radius 2 is 1.95 bits per heavy atom. The lowest BCUT2D eigenvalue weighted by Gasteiger charge is -2.22. The van der Waals surface area contributed by atoms with Crippen molar-refractivity contribution in [3.63, 3.8) is 0 Å². The molecule has 2 rings (SSSR count). The highest BCUT2D eigenvalue weighted by atomic mass is 35.5. The van der Waals surface area contributed by atoms with Crippen LogP contribution in [0.15, 0.2) is 35.5 Å². The van der Waals surface area contributed by atoms with Crippen molar-refractivity contribution in [1.29, 1.82) is 0 Å². The lowest BCUT2D eigenvalue weighted by Crippen LogP contribution is -2.30. The van der Waals surface area contributed by atoms with E-state index in [1.807, 2.05) is 0 Å². The number of rotatable bonds is 2. The molecule has 1 saturated heterocycles. The van der Waals surface area contributed by atoms with E-state index >= 15 is 0 Å². The predicted molar refractivity (Wildman–Crippen MR) is 83.8 cm³/mol. The molecule has 1 aliphatic heterocycles. The Bertz CT molecular complexity index is 407. The van der Waals surface area contributed by atoms with Crippen LogP contribution in [0.2, 0.25) is 0 Å². The molecule has 2 aliphatic rings. The average Bonchev–Trinajstić information content (AvgIpc) is 2.56. The summed E-state index contributed by atoms with van der Waals surface area (Å²) < 4.78 is 0. The van der Waals surface area contributed by atoms with Crippen molar-refractivity contribution in [2.45, 2.75) is 25.1 Å². The van der Waals surface area contributed by atoms with E-state index in [1.165, 1.54) is 30.7 Å². The highest BCUT2D eigenvalue weighted by Crippen LogP contribution is 2.26. The summed E-state index contributed by atoms with van der Waals surface area (Å²) in [6, 6.07) is 0. The summed E-state index contributed by atoms with van der Waals surface area (Å²) in [5.41, 5.74) is 2.56. The summed E-state index contributed by atoms with van der Waals surface area (Å²) in [5.74, 6) is 0. The van der Waals surface area contributed by atoms with Crippen molar-refractivity contribution in [2.24, 2.45) is 0 Å². The molecular weight excluding hydrogens is 256 g/mol. The molecule has 1 fully saturated rings. The first-order valence-electron chi connectivity index (χ1n) is 7.14. The minimum atomic E-state index is -0.356. The molecule has 2 nitrogen and oxygen atoms in total. The van der Waals surface area contributed by atoms with E-state index in [2.05, 4.69) is 55.0 Å². The van der Waals surface area contributed by atoms with Crippen LogP contribution in [-0.4, -0.2) is 54.4 Å². The molecule has 0 saturated carbocycles. The number of halogens is 1. The lowest BCUT2D eigenvalue weighted by atomic mass is 10.1. The fourth-order valence-corrected chi connectivity index (χ4v) is 3.11. The number of allylic oxidation sites excluding steroid dienone is 4. The minimum Gasteiger partial charge on any atom is -0.305 e. The van der Waals surface area contributed by atoms with Gasteiger partial charge < -0.3 is 4.90 Å². The molecule has 0 amide bonds. The van der Waals surface area contributed by atoms with Gasteiger partial charge in [0.1, 0.15) is 0 Å². The number of alkyl halides is 1. The molecule has 1 unspecified atom stereocenters. The minimum absolute atomic E-state index is 0.356. The summed E-state index contributed by atoms with van der Waals surface area (Å²) in [5, 5.41) is 0. The first-order chi connectivity index (χ1) is 8.94. The van der Waals surface area contributed by atoms with Gasteiger partial charge in [0.2, 0.25) is 0 Å². The van der Waals surface area contributed by atoms with Crippen molar-refractivity contribution < 1.29 is 0 Å². The maximum absolute atomic E-state index is 6.52.